The highest BCUT2D eigenvalue weighted by atomic mass is 16.6. The topological polar surface area (TPSA) is 66.8 Å². The second kappa shape index (κ2) is 5.53. The van der Waals surface area contributed by atoms with Crippen LogP contribution in [0.5, 0.6) is 0 Å². The fraction of sp³-hybridized carbons (Fsp3) is 0.385. The molecule has 0 bridgehead atoms. The van der Waals surface area contributed by atoms with Gasteiger partial charge in [-0.2, -0.15) is 0 Å². The highest BCUT2D eigenvalue weighted by molar-refractivity contribution is 5.83. The fourth-order valence-electron chi connectivity index (χ4n) is 1.19. The highest BCUT2D eigenvalue weighted by Crippen LogP contribution is 2.14. The second-order valence-corrected chi connectivity index (χ2v) is 4.46. The zero-order chi connectivity index (χ0) is 13.8. The third-order valence-electron chi connectivity index (χ3n) is 2.84. The summed E-state index contributed by atoms with van der Waals surface area (Å²) in [5, 5.41) is 9.00. The molecule has 0 spiro atoms. The summed E-state index contributed by atoms with van der Waals surface area (Å²) in [5.74, 6) is -1.08. The van der Waals surface area contributed by atoms with Crippen molar-refractivity contribution in [3.8, 4) is 0 Å². The van der Waals surface area contributed by atoms with Crippen LogP contribution in [0.2, 0.25) is 0 Å². The van der Waals surface area contributed by atoms with Gasteiger partial charge in [0.05, 0.1) is 0 Å². The zero-order valence-electron chi connectivity index (χ0n) is 10.7. The summed E-state index contributed by atoms with van der Waals surface area (Å²) < 4.78 is 5.05. The Bertz CT molecular complexity index is 428. The van der Waals surface area contributed by atoms with Gasteiger partial charge in [-0.25, -0.2) is 9.59 Å². The SMILES string of the molecule is CN(C(=O)OCc1ccccc1)C(C)(C)C(=O)O. The predicted molar refractivity (Wildman–Crippen MR) is 66.1 cm³/mol. The molecule has 0 atom stereocenters. The lowest BCUT2D eigenvalue weighted by Gasteiger charge is -2.30. The van der Waals surface area contributed by atoms with Gasteiger partial charge < -0.3 is 9.84 Å². The van der Waals surface area contributed by atoms with Gasteiger partial charge in [-0.15, -0.1) is 0 Å². The lowest BCUT2D eigenvalue weighted by Crippen LogP contribution is -2.50. The van der Waals surface area contributed by atoms with Crippen LogP contribution in [0.25, 0.3) is 0 Å². The van der Waals surface area contributed by atoms with Crippen molar-refractivity contribution in [2.75, 3.05) is 7.05 Å². The van der Waals surface area contributed by atoms with E-state index in [0.29, 0.717) is 0 Å². The van der Waals surface area contributed by atoms with Gasteiger partial charge in [-0.3, -0.25) is 4.90 Å². The maximum atomic E-state index is 11.7. The first-order valence-electron chi connectivity index (χ1n) is 5.53. The predicted octanol–water partition coefficient (Wildman–Crippen LogP) is 2.12. The molecule has 0 aromatic heterocycles. The molecule has 0 fully saturated rings. The Labute approximate surface area is 106 Å². The third-order valence-corrected chi connectivity index (χ3v) is 2.84. The van der Waals surface area contributed by atoms with Crippen LogP contribution in [0.3, 0.4) is 0 Å². The van der Waals surface area contributed by atoms with Crippen LogP contribution in [-0.4, -0.2) is 34.7 Å². The molecule has 0 unspecified atom stereocenters. The van der Waals surface area contributed by atoms with Crippen LogP contribution in [0.4, 0.5) is 4.79 Å². The molecule has 98 valence electrons. The monoisotopic (exact) mass is 251 g/mol. The average molecular weight is 251 g/mol. The molecule has 0 aliphatic heterocycles. The van der Waals surface area contributed by atoms with Crippen LogP contribution < -0.4 is 0 Å². The van der Waals surface area contributed by atoms with Crippen molar-refractivity contribution in [3.05, 3.63) is 35.9 Å². The molecule has 1 rings (SSSR count). The molecular formula is C13H17NO4. The normalized spacial score (nSPS) is 10.8. The number of nitrogens with zero attached hydrogens (tertiary/aromatic N) is 1. The summed E-state index contributed by atoms with van der Waals surface area (Å²) in [6.45, 7) is 3.01. The first kappa shape index (κ1) is 14.0. The minimum Gasteiger partial charge on any atom is -0.480 e. The molecular weight excluding hydrogens is 234 g/mol. The third kappa shape index (κ3) is 3.23. The quantitative estimate of drug-likeness (QED) is 0.890. The summed E-state index contributed by atoms with van der Waals surface area (Å²) in [6.07, 6.45) is -0.661. The standard InChI is InChI=1S/C13H17NO4/c1-13(2,11(15)16)14(3)12(17)18-9-10-7-5-4-6-8-10/h4-8H,9H2,1-3H3,(H,15,16). The number of carbonyl (C=O) groups is 2. The first-order valence-corrected chi connectivity index (χ1v) is 5.53. The molecule has 5 heteroatoms. The maximum Gasteiger partial charge on any atom is 0.410 e. The highest BCUT2D eigenvalue weighted by Gasteiger charge is 2.36. The lowest BCUT2D eigenvalue weighted by molar-refractivity contribution is -0.147. The maximum absolute atomic E-state index is 11.7. The fourth-order valence-corrected chi connectivity index (χ4v) is 1.19. The number of aliphatic carboxylic acids is 1. The van der Waals surface area contributed by atoms with Crippen molar-refractivity contribution < 1.29 is 19.4 Å². The molecule has 5 nitrogen and oxygen atoms in total. The molecule has 1 aromatic rings. The second-order valence-electron chi connectivity index (χ2n) is 4.46. The van der Waals surface area contributed by atoms with Gasteiger partial charge in [0.2, 0.25) is 0 Å². The number of carboxylic acids is 1. The minimum absolute atomic E-state index is 0.125. The first-order chi connectivity index (χ1) is 8.35. The summed E-state index contributed by atoms with van der Waals surface area (Å²) >= 11 is 0. The molecule has 0 aliphatic carbocycles. The van der Waals surface area contributed by atoms with Gasteiger partial charge >= 0.3 is 12.1 Å². The van der Waals surface area contributed by atoms with E-state index in [1.807, 2.05) is 30.3 Å². The van der Waals surface area contributed by atoms with Gasteiger partial charge in [0.1, 0.15) is 12.1 Å². The van der Waals surface area contributed by atoms with E-state index in [4.69, 9.17) is 9.84 Å². The Balaban J connectivity index is 2.59. The van der Waals surface area contributed by atoms with E-state index in [1.54, 1.807) is 0 Å². The Morgan fingerprint density at radius 1 is 1.28 bits per heavy atom. The van der Waals surface area contributed by atoms with E-state index in [0.717, 1.165) is 10.5 Å². The molecule has 0 saturated carbocycles. The molecule has 0 radical (unpaired) electrons. The molecule has 1 N–H and O–H groups in total. The van der Waals surface area contributed by atoms with Crippen molar-refractivity contribution in [2.45, 2.75) is 26.0 Å². The van der Waals surface area contributed by atoms with E-state index in [2.05, 4.69) is 0 Å². The number of hydrogen-bond donors (Lipinski definition) is 1. The van der Waals surface area contributed by atoms with Gasteiger partial charge in [0.15, 0.2) is 0 Å². The van der Waals surface area contributed by atoms with E-state index in [1.165, 1.54) is 20.9 Å². The van der Waals surface area contributed by atoms with Crippen molar-refractivity contribution in [1.82, 2.24) is 4.90 Å². The van der Waals surface area contributed by atoms with Gasteiger partial charge in [0.25, 0.3) is 0 Å². The molecule has 0 saturated heterocycles. The van der Waals surface area contributed by atoms with Crippen LogP contribution in [0, 0.1) is 0 Å². The summed E-state index contributed by atoms with van der Waals surface area (Å²) in [4.78, 5) is 23.8. The molecule has 1 aromatic carbocycles. The number of amides is 1. The van der Waals surface area contributed by atoms with E-state index < -0.39 is 17.6 Å². The Morgan fingerprint density at radius 2 is 1.83 bits per heavy atom. The number of carboxylic acid groups (broad SMARTS) is 1. The Hall–Kier alpha value is -2.04. The summed E-state index contributed by atoms with van der Waals surface area (Å²) in [7, 11) is 1.40. The van der Waals surface area contributed by atoms with E-state index in [9.17, 15) is 9.59 Å². The largest absolute Gasteiger partial charge is 0.480 e. The number of likely N-dealkylation sites (N-methyl/N-ethyl adjacent to an activating group) is 1. The lowest BCUT2D eigenvalue weighted by atomic mass is 10.1. The van der Waals surface area contributed by atoms with Crippen molar-refractivity contribution in [1.29, 1.82) is 0 Å². The van der Waals surface area contributed by atoms with Gasteiger partial charge in [0, 0.05) is 7.05 Å². The van der Waals surface area contributed by atoms with Crippen molar-refractivity contribution in [2.24, 2.45) is 0 Å². The summed E-state index contributed by atoms with van der Waals surface area (Å²) in [5.41, 5.74) is -0.444. The van der Waals surface area contributed by atoms with Crippen molar-refractivity contribution in [3.63, 3.8) is 0 Å². The Kier molecular flexibility index (Phi) is 4.31. The number of rotatable bonds is 4. The van der Waals surface area contributed by atoms with Gasteiger partial charge in [-0.05, 0) is 19.4 Å². The van der Waals surface area contributed by atoms with Crippen molar-refractivity contribution >= 4 is 12.1 Å². The van der Waals surface area contributed by atoms with Crippen LogP contribution >= 0.6 is 0 Å². The molecule has 18 heavy (non-hydrogen) atoms. The number of benzene rings is 1. The van der Waals surface area contributed by atoms with Crippen LogP contribution in [0.15, 0.2) is 30.3 Å². The number of hydrogen-bond acceptors (Lipinski definition) is 3. The van der Waals surface area contributed by atoms with Gasteiger partial charge in [-0.1, -0.05) is 30.3 Å². The number of carbonyl (C=O) groups excluding carboxylic acids is 1. The Morgan fingerprint density at radius 3 is 2.33 bits per heavy atom. The molecule has 0 aliphatic rings. The minimum atomic E-state index is -1.30. The van der Waals surface area contributed by atoms with Crippen LogP contribution in [-0.2, 0) is 16.1 Å². The summed E-state index contributed by atoms with van der Waals surface area (Å²) in [6, 6.07) is 9.21. The number of ether oxygens (including phenoxy) is 1. The average Bonchev–Trinajstić information content (AvgIpc) is 2.36. The van der Waals surface area contributed by atoms with E-state index >= 15 is 0 Å². The van der Waals surface area contributed by atoms with E-state index in [-0.39, 0.29) is 6.61 Å². The zero-order valence-corrected chi connectivity index (χ0v) is 10.7. The smallest absolute Gasteiger partial charge is 0.410 e. The molecule has 0 heterocycles. The van der Waals surface area contributed by atoms with Crippen LogP contribution in [0.1, 0.15) is 19.4 Å². The molecule has 1 amide bonds.